The molecule has 0 amide bonds. The average Bonchev–Trinajstić information content (AvgIpc) is 2.45. The maximum Gasteiger partial charge on any atom is 0.0727 e. The summed E-state index contributed by atoms with van der Waals surface area (Å²) in [4.78, 5) is 0. The molecular formula is C17H18O. The van der Waals surface area contributed by atoms with Crippen LogP contribution in [-0.2, 0) is 6.42 Å². The van der Waals surface area contributed by atoms with Gasteiger partial charge in [0.1, 0.15) is 0 Å². The van der Waals surface area contributed by atoms with Gasteiger partial charge in [0.15, 0.2) is 0 Å². The lowest BCUT2D eigenvalue weighted by atomic mass is 10.1. The van der Waals surface area contributed by atoms with Crippen LogP contribution >= 0.6 is 0 Å². The van der Waals surface area contributed by atoms with E-state index in [1.54, 1.807) is 0 Å². The van der Waals surface area contributed by atoms with Crippen LogP contribution < -0.4 is 0 Å². The van der Waals surface area contributed by atoms with Gasteiger partial charge in [0.2, 0.25) is 0 Å². The summed E-state index contributed by atoms with van der Waals surface area (Å²) in [6.07, 6.45) is 5.10. The van der Waals surface area contributed by atoms with Gasteiger partial charge < -0.3 is 5.11 Å². The van der Waals surface area contributed by atoms with E-state index in [4.69, 9.17) is 0 Å². The summed E-state index contributed by atoms with van der Waals surface area (Å²) in [7, 11) is 0. The Balaban J connectivity index is 1.82. The van der Waals surface area contributed by atoms with Gasteiger partial charge in [-0.3, -0.25) is 0 Å². The van der Waals surface area contributed by atoms with E-state index in [1.807, 2.05) is 60.7 Å². The molecule has 0 heterocycles. The van der Waals surface area contributed by atoms with Crippen LogP contribution in [0.15, 0.2) is 66.7 Å². The molecule has 0 aliphatic rings. The van der Waals surface area contributed by atoms with Gasteiger partial charge in [-0.2, -0.15) is 0 Å². The molecule has 0 saturated carbocycles. The Hall–Kier alpha value is -1.86. The van der Waals surface area contributed by atoms with Crippen molar-refractivity contribution in [1.29, 1.82) is 0 Å². The highest BCUT2D eigenvalue weighted by Crippen LogP contribution is 2.08. The van der Waals surface area contributed by atoms with Crippen LogP contribution in [0.1, 0.15) is 17.5 Å². The summed E-state index contributed by atoms with van der Waals surface area (Å²) in [6.45, 7) is 0. The van der Waals surface area contributed by atoms with Crippen LogP contribution in [-0.4, -0.2) is 11.2 Å². The van der Waals surface area contributed by atoms with E-state index in [0.717, 1.165) is 18.4 Å². The van der Waals surface area contributed by atoms with Crippen molar-refractivity contribution in [3.8, 4) is 0 Å². The highest BCUT2D eigenvalue weighted by atomic mass is 16.3. The number of rotatable bonds is 5. The Morgan fingerprint density at radius 3 is 2.17 bits per heavy atom. The first kappa shape index (κ1) is 12.6. The first-order chi connectivity index (χ1) is 8.84. The molecule has 0 bridgehead atoms. The molecule has 0 aliphatic heterocycles. The number of hydrogen-bond donors (Lipinski definition) is 1. The zero-order valence-corrected chi connectivity index (χ0v) is 10.4. The number of aliphatic hydroxyl groups excluding tert-OH is 1. The third-order valence-electron chi connectivity index (χ3n) is 2.88. The van der Waals surface area contributed by atoms with Crippen molar-refractivity contribution >= 4 is 6.08 Å². The van der Waals surface area contributed by atoms with Crippen LogP contribution in [0.25, 0.3) is 6.08 Å². The normalized spacial score (nSPS) is 12.7. The molecular weight excluding hydrogens is 220 g/mol. The van der Waals surface area contributed by atoms with Gasteiger partial charge in [-0.25, -0.2) is 0 Å². The third kappa shape index (κ3) is 4.19. The van der Waals surface area contributed by atoms with E-state index in [1.165, 1.54) is 5.56 Å². The molecule has 0 saturated heterocycles. The molecule has 2 aromatic rings. The second-order valence-electron chi connectivity index (χ2n) is 4.36. The summed E-state index contributed by atoms with van der Waals surface area (Å²) in [5, 5.41) is 9.89. The quantitative estimate of drug-likeness (QED) is 0.842. The van der Waals surface area contributed by atoms with Crippen LogP contribution in [0.4, 0.5) is 0 Å². The lowest BCUT2D eigenvalue weighted by Gasteiger charge is -2.05. The molecule has 0 spiro atoms. The monoisotopic (exact) mass is 238 g/mol. The lowest BCUT2D eigenvalue weighted by Crippen LogP contribution is -2.03. The molecule has 2 aromatic carbocycles. The summed E-state index contributed by atoms with van der Waals surface area (Å²) in [6, 6.07) is 20.3. The largest absolute Gasteiger partial charge is 0.389 e. The molecule has 1 nitrogen and oxygen atoms in total. The van der Waals surface area contributed by atoms with Gasteiger partial charge >= 0.3 is 0 Å². The minimum Gasteiger partial charge on any atom is -0.389 e. The van der Waals surface area contributed by atoms with E-state index >= 15 is 0 Å². The average molecular weight is 238 g/mol. The van der Waals surface area contributed by atoms with Gasteiger partial charge in [0, 0.05) is 0 Å². The molecule has 0 radical (unpaired) electrons. The summed E-state index contributed by atoms with van der Waals surface area (Å²) >= 11 is 0. The predicted molar refractivity (Wildman–Crippen MR) is 76.2 cm³/mol. The smallest absolute Gasteiger partial charge is 0.0727 e. The Labute approximate surface area is 108 Å². The maximum atomic E-state index is 9.89. The molecule has 0 aromatic heterocycles. The molecule has 1 atom stereocenters. The van der Waals surface area contributed by atoms with E-state index in [0.29, 0.717) is 0 Å². The Morgan fingerprint density at radius 1 is 0.889 bits per heavy atom. The maximum absolute atomic E-state index is 9.89. The molecule has 1 unspecified atom stereocenters. The van der Waals surface area contributed by atoms with Crippen molar-refractivity contribution in [2.24, 2.45) is 0 Å². The minimum atomic E-state index is -0.384. The highest BCUT2D eigenvalue weighted by molar-refractivity contribution is 5.49. The van der Waals surface area contributed by atoms with Gasteiger partial charge in [0.05, 0.1) is 6.10 Å². The van der Waals surface area contributed by atoms with Crippen molar-refractivity contribution < 1.29 is 5.11 Å². The lowest BCUT2D eigenvalue weighted by molar-refractivity contribution is 0.214. The van der Waals surface area contributed by atoms with Crippen LogP contribution in [0.3, 0.4) is 0 Å². The van der Waals surface area contributed by atoms with Crippen LogP contribution in [0.5, 0.6) is 0 Å². The van der Waals surface area contributed by atoms with Gasteiger partial charge in [-0.1, -0.05) is 72.8 Å². The fraction of sp³-hybridized carbons (Fsp3) is 0.176. The van der Waals surface area contributed by atoms with E-state index in [2.05, 4.69) is 12.1 Å². The molecule has 92 valence electrons. The summed E-state index contributed by atoms with van der Waals surface area (Å²) in [5.41, 5.74) is 2.39. The Bertz CT molecular complexity index is 473. The highest BCUT2D eigenvalue weighted by Gasteiger charge is 1.99. The SMILES string of the molecule is OC(C=Cc1ccccc1)CCc1ccccc1. The molecule has 0 fully saturated rings. The van der Waals surface area contributed by atoms with E-state index in [-0.39, 0.29) is 6.10 Å². The van der Waals surface area contributed by atoms with E-state index in [9.17, 15) is 5.11 Å². The zero-order valence-electron chi connectivity index (χ0n) is 10.4. The van der Waals surface area contributed by atoms with Crippen molar-refractivity contribution in [2.75, 3.05) is 0 Å². The van der Waals surface area contributed by atoms with Crippen LogP contribution in [0.2, 0.25) is 0 Å². The molecule has 1 heteroatoms. The molecule has 2 rings (SSSR count). The number of hydrogen-bond acceptors (Lipinski definition) is 1. The first-order valence-corrected chi connectivity index (χ1v) is 6.30. The Kier molecular flexibility index (Phi) is 4.74. The van der Waals surface area contributed by atoms with Gasteiger partial charge in [-0.05, 0) is 24.0 Å². The topological polar surface area (TPSA) is 20.2 Å². The van der Waals surface area contributed by atoms with Crippen molar-refractivity contribution in [3.63, 3.8) is 0 Å². The van der Waals surface area contributed by atoms with E-state index < -0.39 is 0 Å². The second-order valence-corrected chi connectivity index (χ2v) is 4.36. The fourth-order valence-corrected chi connectivity index (χ4v) is 1.84. The number of aliphatic hydroxyl groups is 1. The fourth-order valence-electron chi connectivity index (χ4n) is 1.84. The van der Waals surface area contributed by atoms with Crippen molar-refractivity contribution in [3.05, 3.63) is 77.9 Å². The van der Waals surface area contributed by atoms with Crippen molar-refractivity contribution in [1.82, 2.24) is 0 Å². The first-order valence-electron chi connectivity index (χ1n) is 6.30. The number of benzene rings is 2. The molecule has 0 aliphatic carbocycles. The summed E-state index contributed by atoms with van der Waals surface area (Å²) < 4.78 is 0. The minimum absolute atomic E-state index is 0.384. The third-order valence-corrected chi connectivity index (χ3v) is 2.88. The standard InChI is InChI=1S/C17H18O/c18-17(13-11-15-7-3-1-4-8-15)14-12-16-9-5-2-6-10-16/h1-11,13,17-18H,12,14H2. The second kappa shape index (κ2) is 6.77. The van der Waals surface area contributed by atoms with Gasteiger partial charge in [-0.15, -0.1) is 0 Å². The van der Waals surface area contributed by atoms with Gasteiger partial charge in [0.25, 0.3) is 0 Å². The predicted octanol–water partition coefficient (Wildman–Crippen LogP) is 3.69. The van der Waals surface area contributed by atoms with Crippen LogP contribution in [0, 0.1) is 0 Å². The summed E-state index contributed by atoms with van der Waals surface area (Å²) in [5.74, 6) is 0. The number of aryl methyl sites for hydroxylation is 1. The zero-order chi connectivity index (χ0) is 12.6. The Morgan fingerprint density at radius 2 is 1.50 bits per heavy atom. The molecule has 1 N–H and O–H groups in total. The molecule has 18 heavy (non-hydrogen) atoms. The van der Waals surface area contributed by atoms with Crippen molar-refractivity contribution in [2.45, 2.75) is 18.9 Å².